The molecule has 1 unspecified atom stereocenters. The number of carbonyl (C=O) groups is 1. The van der Waals surface area contributed by atoms with Gasteiger partial charge in [-0.3, -0.25) is 9.78 Å². The molecule has 8 heteroatoms. The lowest BCUT2D eigenvalue weighted by molar-refractivity contribution is -0.132. The molecule has 2 aromatic heterocycles. The summed E-state index contributed by atoms with van der Waals surface area (Å²) in [6.07, 6.45) is 4.82. The minimum Gasteiger partial charge on any atom is -0.333 e. The number of halogens is 1. The molecule has 0 aliphatic heterocycles. The molecule has 0 radical (unpaired) electrons. The maximum absolute atomic E-state index is 12.6. The normalized spacial score (nSPS) is 11.9. The van der Waals surface area contributed by atoms with Crippen molar-refractivity contribution in [3.63, 3.8) is 0 Å². The minimum atomic E-state index is -0.255. The lowest BCUT2D eigenvalue weighted by Crippen LogP contribution is -2.34. The van der Waals surface area contributed by atoms with Gasteiger partial charge < -0.3 is 4.90 Å². The summed E-state index contributed by atoms with van der Waals surface area (Å²) in [7, 11) is 1.76. The Hall–Kier alpha value is -2.80. The number of hydrogen-bond donors (Lipinski definition) is 0. The molecule has 0 saturated carbocycles. The van der Waals surface area contributed by atoms with E-state index in [-0.39, 0.29) is 18.5 Å². The van der Waals surface area contributed by atoms with Crippen LogP contribution in [0, 0.1) is 0 Å². The molecule has 0 N–H and O–H groups in total. The van der Waals surface area contributed by atoms with Crippen molar-refractivity contribution in [3.05, 3.63) is 71.3 Å². The largest absolute Gasteiger partial charge is 0.333 e. The lowest BCUT2D eigenvalue weighted by atomic mass is 9.98. The second-order valence-corrected chi connectivity index (χ2v) is 5.68. The molecule has 1 amide bonds. The topological polar surface area (TPSA) is 76.8 Å². The summed E-state index contributed by atoms with van der Waals surface area (Å²) in [5.74, 6) is -0.112. The second-order valence-electron chi connectivity index (χ2n) is 5.25. The van der Waals surface area contributed by atoms with Crippen LogP contribution in [0.3, 0.4) is 0 Å². The van der Waals surface area contributed by atoms with E-state index >= 15 is 0 Å². The Bertz CT molecular complexity index is 791. The fourth-order valence-corrected chi connectivity index (χ4v) is 2.60. The van der Waals surface area contributed by atoms with Crippen molar-refractivity contribution >= 4 is 17.5 Å². The highest BCUT2D eigenvalue weighted by atomic mass is 35.5. The molecule has 0 aliphatic carbocycles. The molecule has 7 nitrogen and oxygen atoms in total. The van der Waals surface area contributed by atoms with Gasteiger partial charge in [0.1, 0.15) is 12.9 Å². The first-order valence-electron chi connectivity index (χ1n) is 7.27. The minimum absolute atomic E-state index is 0.0681. The fraction of sp³-hybridized carbons (Fsp3) is 0.188. The van der Waals surface area contributed by atoms with Gasteiger partial charge in [-0.2, -0.15) is 0 Å². The quantitative estimate of drug-likeness (QED) is 0.708. The molecule has 0 aliphatic rings. The van der Waals surface area contributed by atoms with E-state index in [0.29, 0.717) is 5.02 Å². The maximum Gasteiger partial charge on any atom is 0.244 e. The Morgan fingerprint density at radius 1 is 1.17 bits per heavy atom. The Labute approximate surface area is 143 Å². The van der Waals surface area contributed by atoms with Crippen molar-refractivity contribution in [2.75, 3.05) is 7.05 Å². The molecule has 0 spiro atoms. The van der Waals surface area contributed by atoms with Gasteiger partial charge in [-0.15, -0.1) is 5.10 Å². The van der Waals surface area contributed by atoms with Gasteiger partial charge >= 0.3 is 0 Å². The van der Waals surface area contributed by atoms with Gasteiger partial charge in [-0.1, -0.05) is 23.7 Å². The molecule has 24 heavy (non-hydrogen) atoms. The number of likely N-dealkylation sites (N-methyl/N-ethyl adjacent to an activating group) is 1. The molecule has 1 atom stereocenters. The van der Waals surface area contributed by atoms with E-state index < -0.39 is 0 Å². The number of nitrogens with zero attached hydrogens (tertiary/aromatic N) is 6. The molecule has 3 aromatic rings. The molecule has 0 fully saturated rings. The predicted molar refractivity (Wildman–Crippen MR) is 88.1 cm³/mol. The van der Waals surface area contributed by atoms with Crippen LogP contribution in [0.25, 0.3) is 0 Å². The maximum atomic E-state index is 12.6. The van der Waals surface area contributed by atoms with Crippen LogP contribution in [-0.2, 0) is 11.3 Å². The predicted octanol–water partition coefficient (Wildman–Crippen LogP) is 1.97. The summed E-state index contributed by atoms with van der Waals surface area (Å²) in [5, 5.41) is 11.5. The van der Waals surface area contributed by atoms with Crippen molar-refractivity contribution in [1.82, 2.24) is 30.1 Å². The van der Waals surface area contributed by atoms with E-state index in [9.17, 15) is 4.79 Å². The third-order valence-electron chi connectivity index (χ3n) is 3.68. The first-order valence-corrected chi connectivity index (χ1v) is 7.65. The summed E-state index contributed by atoms with van der Waals surface area (Å²) >= 11 is 5.98. The van der Waals surface area contributed by atoms with Gasteiger partial charge in [0.2, 0.25) is 5.91 Å². The van der Waals surface area contributed by atoms with Crippen LogP contribution in [-0.4, -0.2) is 43.0 Å². The van der Waals surface area contributed by atoms with Gasteiger partial charge in [-0.25, -0.2) is 4.68 Å². The molecule has 0 bridgehead atoms. The van der Waals surface area contributed by atoms with E-state index in [1.165, 1.54) is 11.0 Å². The van der Waals surface area contributed by atoms with Gasteiger partial charge in [0.05, 0.1) is 6.04 Å². The van der Waals surface area contributed by atoms with Crippen LogP contribution in [0.4, 0.5) is 0 Å². The van der Waals surface area contributed by atoms with E-state index in [4.69, 9.17) is 11.6 Å². The molecule has 0 saturated heterocycles. The van der Waals surface area contributed by atoms with Crippen LogP contribution in [0.1, 0.15) is 17.2 Å². The SMILES string of the molecule is CN(C(=O)Cn1cnnn1)C(c1ccncc1)c1ccc(Cl)cc1. The van der Waals surface area contributed by atoms with Gasteiger partial charge in [0.15, 0.2) is 0 Å². The first kappa shape index (κ1) is 16.1. The Morgan fingerprint density at radius 2 is 1.83 bits per heavy atom. The Morgan fingerprint density at radius 3 is 2.46 bits per heavy atom. The van der Waals surface area contributed by atoms with Gasteiger partial charge in [0, 0.05) is 24.5 Å². The van der Waals surface area contributed by atoms with Crippen molar-refractivity contribution in [3.8, 4) is 0 Å². The van der Waals surface area contributed by atoms with E-state index in [1.807, 2.05) is 36.4 Å². The van der Waals surface area contributed by atoms with E-state index in [1.54, 1.807) is 24.3 Å². The molecule has 1 aromatic carbocycles. The van der Waals surface area contributed by atoms with Crippen molar-refractivity contribution < 1.29 is 4.79 Å². The number of amides is 1. The summed E-state index contributed by atoms with van der Waals surface area (Å²) in [4.78, 5) is 18.3. The molecule has 122 valence electrons. The summed E-state index contributed by atoms with van der Waals surface area (Å²) < 4.78 is 1.39. The zero-order valence-corrected chi connectivity index (χ0v) is 13.7. The van der Waals surface area contributed by atoms with Gasteiger partial charge in [0.25, 0.3) is 0 Å². The number of aromatic nitrogens is 5. The van der Waals surface area contributed by atoms with Crippen molar-refractivity contribution in [2.45, 2.75) is 12.6 Å². The monoisotopic (exact) mass is 342 g/mol. The zero-order valence-electron chi connectivity index (χ0n) is 13.0. The van der Waals surface area contributed by atoms with Gasteiger partial charge in [-0.05, 0) is 45.8 Å². The first-order chi connectivity index (χ1) is 11.6. The van der Waals surface area contributed by atoms with Crippen LogP contribution >= 0.6 is 11.6 Å². The number of pyridine rings is 1. The smallest absolute Gasteiger partial charge is 0.244 e. The van der Waals surface area contributed by atoms with Crippen LogP contribution in [0.15, 0.2) is 55.1 Å². The number of tetrazole rings is 1. The third-order valence-corrected chi connectivity index (χ3v) is 3.93. The number of rotatable bonds is 5. The lowest BCUT2D eigenvalue weighted by Gasteiger charge is -2.29. The highest BCUT2D eigenvalue weighted by Crippen LogP contribution is 2.28. The van der Waals surface area contributed by atoms with E-state index in [2.05, 4.69) is 20.5 Å². The Balaban J connectivity index is 1.91. The van der Waals surface area contributed by atoms with Crippen molar-refractivity contribution in [1.29, 1.82) is 0 Å². The summed E-state index contributed by atoms with van der Waals surface area (Å²) in [5.41, 5.74) is 1.91. The fourth-order valence-electron chi connectivity index (χ4n) is 2.48. The van der Waals surface area contributed by atoms with E-state index in [0.717, 1.165) is 11.1 Å². The highest BCUT2D eigenvalue weighted by molar-refractivity contribution is 6.30. The second kappa shape index (κ2) is 7.18. The molecule has 3 rings (SSSR count). The third kappa shape index (κ3) is 3.57. The summed E-state index contributed by atoms with van der Waals surface area (Å²) in [6, 6.07) is 11.0. The molecular formula is C16H15ClN6O. The van der Waals surface area contributed by atoms with Crippen LogP contribution in [0.2, 0.25) is 5.02 Å². The number of carbonyl (C=O) groups excluding carboxylic acids is 1. The number of hydrogen-bond acceptors (Lipinski definition) is 5. The summed E-state index contributed by atoms with van der Waals surface area (Å²) in [6.45, 7) is 0.0681. The van der Waals surface area contributed by atoms with Crippen LogP contribution in [0.5, 0.6) is 0 Å². The average Bonchev–Trinajstić information content (AvgIpc) is 3.10. The molecular weight excluding hydrogens is 328 g/mol. The Kier molecular flexibility index (Phi) is 4.81. The van der Waals surface area contributed by atoms with Crippen LogP contribution < -0.4 is 0 Å². The molecule has 2 heterocycles. The standard InChI is InChI=1S/C16H15ClN6O/c1-22(15(24)10-23-11-19-20-21-23)16(13-6-8-18-9-7-13)12-2-4-14(17)5-3-12/h2-9,11,16H,10H2,1H3. The number of benzene rings is 1. The average molecular weight is 343 g/mol. The highest BCUT2D eigenvalue weighted by Gasteiger charge is 2.24. The zero-order chi connectivity index (χ0) is 16.9. The van der Waals surface area contributed by atoms with Crippen molar-refractivity contribution in [2.24, 2.45) is 0 Å².